The van der Waals surface area contributed by atoms with E-state index in [0.29, 0.717) is 5.56 Å². The van der Waals surface area contributed by atoms with Crippen LogP contribution in [-0.4, -0.2) is 55.6 Å². The highest BCUT2D eigenvalue weighted by molar-refractivity contribution is 5.77. The monoisotopic (exact) mass is 315 g/mol. The highest BCUT2D eigenvalue weighted by Gasteiger charge is 2.30. The van der Waals surface area contributed by atoms with Gasteiger partial charge in [0.25, 0.3) is 0 Å². The maximum absolute atomic E-state index is 12.4. The molecule has 1 aliphatic heterocycles. The quantitative estimate of drug-likeness (QED) is 0.780. The molecule has 0 amide bonds. The molecule has 1 saturated heterocycles. The normalized spacial score (nSPS) is 18.0. The van der Waals surface area contributed by atoms with Crippen LogP contribution in [0.1, 0.15) is 36.9 Å². The summed E-state index contributed by atoms with van der Waals surface area (Å²) in [4.78, 5) is 17.0. The molecule has 1 heterocycles. The van der Waals surface area contributed by atoms with Crippen molar-refractivity contribution in [3.8, 4) is 6.07 Å². The summed E-state index contributed by atoms with van der Waals surface area (Å²) in [7, 11) is 1.42. The number of rotatable bonds is 5. The maximum Gasteiger partial charge on any atom is 0.327 e. The van der Waals surface area contributed by atoms with Crippen molar-refractivity contribution in [1.82, 2.24) is 9.80 Å². The molecule has 0 aromatic heterocycles. The second-order valence-electron chi connectivity index (χ2n) is 5.89. The molecule has 1 unspecified atom stereocenters. The summed E-state index contributed by atoms with van der Waals surface area (Å²) in [5.41, 5.74) is 1.40. The minimum Gasteiger partial charge on any atom is -0.468 e. The Bertz CT molecular complexity index is 568. The van der Waals surface area contributed by atoms with E-state index in [0.717, 1.165) is 51.1 Å². The van der Waals surface area contributed by atoms with Crippen molar-refractivity contribution in [2.45, 2.75) is 25.8 Å². The molecule has 0 radical (unpaired) electrons. The molecular weight excluding hydrogens is 290 g/mol. The molecule has 124 valence electrons. The Labute approximate surface area is 138 Å². The van der Waals surface area contributed by atoms with Gasteiger partial charge in [0.2, 0.25) is 0 Å². The fourth-order valence-corrected chi connectivity index (χ4v) is 3.17. The number of hydrogen-bond donors (Lipinski definition) is 0. The lowest BCUT2D eigenvalue weighted by molar-refractivity contribution is -0.147. The van der Waals surface area contributed by atoms with Crippen molar-refractivity contribution in [2.75, 3.05) is 39.8 Å². The lowest BCUT2D eigenvalue weighted by Crippen LogP contribution is -2.38. The molecule has 1 aliphatic rings. The van der Waals surface area contributed by atoms with Crippen LogP contribution < -0.4 is 0 Å². The second-order valence-corrected chi connectivity index (χ2v) is 5.89. The molecule has 0 aliphatic carbocycles. The number of nitrogens with zero attached hydrogens (tertiary/aromatic N) is 3. The van der Waals surface area contributed by atoms with Gasteiger partial charge in [-0.1, -0.05) is 19.1 Å². The average Bonchev–Trinajstić information content (AvgIpc) is 2.81. The average molecular weight is 315 g/mol. The van der Waals surface area contributed by atoms with Crippen LogP contribution in [-0.2, 0) is 9.53 Å². The number of ether oxygens (including phenoxy) is 1. The largest absolute Gasteiger partial charge is 0.468 e. The third-order valence-corrected chi connectivity index (χ3v) is 4.28. The first kappa shape index (κ1) is 17.5. The van der Waals surface area contributed by atoms with Crippen LogP contribution in [0.3, 0.4) is 0 Å². The van der Waals surface area contributed by atoms with Gasteiger partial charge in [-0.25, -0.2) is 4.79 Å². The van der Waals surface area contributed by atoms with Crippen molar-refractivity contribution in [2.24, 2.45) is 0 Å². The molecule has 0 bridgehead atoms. The van der Waals surface area contributed by atoms with E-state index >= 15 is 0 Å². The molecule has 0 N–H and O–H groups in total. The summed E-state index contributed by atoms with van der Waals surface area (Å²) in [5.74, 6) is -0.260. The van der Waals surface area contributed by atoms with Gasteiger partial charge in [0.05, 0.1) is 18.7 Å². The van der Waals surface area contributed by atoms with E-state index in [1.54, 1.807) is 12.1 Å². The fourth-order valence-electron chi connectivity index (χ4n) is 3.17. The van der Waals surface area contributed by atoms with E-state index in [1.165, 1.54) is 7.11 Å². The number of carbonyl (C=O) groups excluding carboxylic acids is 1. The van der Waals surface area contributed by atoms with E-state index in [2.05, 4.69) is 22.8 Å². The Balaban J connectivity index is 2.21. The number of benzene rings is 1. The van der Waals surface area contributed by atoms with Gasteiger partial charge in [0.1, 0.15) is 6.04 Å². The van der Waals surface area contributed by atoms with Gasteiger partial charge in [-0.05, 0) is 43.6 Å². The minimum atomic E-state index is -0.435. The summed E-state index contributed by atoms with van der Waals surface area (Å²) in [6, 6.07) is 8.97. The first-order chi connectivity index (χ1) is 11.2. The summed E-state index contributed by atoms with van der Waals surface area (Å²) < 4.78 is 5.03. The molecule has 23 heavy (non-hydrogen) atoms. The maximum atomic E-state index is 12.4. The van der Waals surface area contributed by atoms with Gasteiger partial charge in [0.15, 0.2) is 0 Å². The summed E-state index contributed by atoms with van der Waals surface area (Å²) >= 11 is 0. The highest BCUT2D eigenvalue weighted by Crippen LogP contribution is 2.24. The van der Waals surface area contributed by atoms with Crippen LogP contribution in [0, 0.1) is 11.3 Å². The summed E-state index contributed by atoms with van der Waals surface area (Å²) in [5, 5.41) is 9.10. The lowest BCUT2D eigenvalue weighted by atomic mass is 10.0. The number of nitriles is 1. The van der Waals surface area contributed by atoms with Gasteiger partial charge >= 0.3 is 5.97 Å². The van der Waals surface area contributed by atoms with Crippen LogP contribution >= 0.6 is 0 Å². The van der Waals surface area contributed by atoms with Gasteiger partial charge < -0.3 is 9.64 Å². The predicted molar refractivity (Wildman–Crippen MR) is 88.8 cm³/mol. The standard InChI is InChI=1S/C18H25N3O2/c1-3-8-20-9-5-10-21(12-11-20)17(18(22)23-2)16-7-4-6-15(13-16)14-19/h4,6-7,13,17H,3,5,8-12H2,1-2H3. The zero-order chi connectivity index (χ0) is 16.7. The topological polar surface area (TPSA) is 56.6 Å². The predicted octanol–water partition coefficient (Wildman–Crippen LogP) is 2.19. The van der Waals surface area contributed by atoms with Gasteiger partial charge in [0, 0.05) is 19.6 Å². The molecule has 1 fully saturated rings. The summed E-state index contributed by atoms with van der Waals surface area (Å²) in [6.07, 6.45) is 2.18. The Hall–Kier alpha value is -1.90. The molecule has 0 saturated carbocycles. The van der Waals surface area contributed by atoms with Crippen LogP contribution in [0.25, 0.3) is 0 Å². The third kappa shape index (κ3) is 4.54. The first-order valence-corrected chi connectivity index (χ1v) is 8.24. The molecule has 5 nitrogen and oxygen atoms in total. The molecule has 2 rings (SSSR count). The SMILES string of the molecule is CCCN1CCCN(C(C(=O)OC)c2cccc(C#N)c2)CC1. The second kappa shape index (κ2) is 8.66. The Morgan fingerprint density at radius 3 is 2.87 bits per heavy atom. The Morgan fingerprint density at radius 2 is 2.17 bits per heavy atom. The highest BCUT2D eigenvalue weighted by atomic mass is 16.5. The van der Waals surface area contributed by atoms with Crippen molar-refractivity contribution in [3.05, 3.63) is 35.4 Å². The Kier molecular flexibility index (Phi) is 6.57. The third-order valence-electron chi connectivity index (χ3n) is 4.28. The van der Waals surface area contributed by atoms with Crippen molar-refractivity contribution < 1.29 is 9.53 Å². The zero-order valence-corrected chi connectivity index (χ0v) is 14.0. The lowest BCUT2D eigenvalue weighted by Gasteiger charge is -2.29. The van der Waals surface area contributed by atoms with Crippen molar-refractivity contribution >= 4 is 5.97 Å². The zero-order valence-electron chi connectivity index (χ0n) is 14.0. The van der Waals surface area contributed by atoms with E-state index in [1.807, 2.05) is 12.1 Å². The molecule has 5 heteroatoms. The van der Waals surface area contributed by atoms with Gasteiger partial charge in [-0.15, -0.1) is 0 Å². The summed E-state index contributed by atoms with van der Waals surface area (Å²) in [6.45, 7) is 7.00. The van der Waals surface area contributed by atoms with Crippen molar-refractivity contribution in [3.63, 3.8) is 0 Å². The Morgan fingerprint density at radius 1 is 1.35 bits per heavy atom. The van der Waals surface area contributed by atoms with E-state index < -0.39 is 6.04 Å². The molecule has 1 aromatic rings. The van der Waals surface area contributed by atoms with Crippen LogP contribution in [0.5, 0.6) is 0 Å². The van der Waals surface area contributed by atoms with E-state index in [9.17, 15) is 4.79 Å². The molecule has 1 aromatic carbocycles. The molecule has 0 spiro atoms. The number of esters is 1. The van der Waals surface area contributed by atoms with Crippen molar-refractivity contribution in [1.29, 1.82) is 5.26 Å². The van der Waals surface area contributed by atoms with E-state index in [4.69, 9.17) is 10.00 Å². The number of hydrogen-bond acceptors (Lipinski definition) is 5. The van der Waals surface area contributed by atoms with Gasteiger partial charge in [-0.3, -0.25) is 4.90 Å². The molecular formula is C18H25N3O2. The van der Waals surface area contributed by atoms with Gasteiger partial charge in [-0.2, -0.15) is 5.26 Å². The molecule has 1 atom stereocenters. The van der Waals surface area contributed by atoms with Crippen LogP contribution in [0.2, 0.25) is 0 Å². The smallest absolute Gasteiger partial charge is 0.327 e. The first-order valence-electron chi connectivity index (χ1n) is 8.24. The fraction of sp³-hybridized carbons (Fsp3) is 0.556. The van der Waals surface area contributed by atoms with E-state index in [-0.39, 0.29) is 5.97 Å². The number of carbonyl (C=O) groups is 1. The van der Waals surface area contributed by atoms with Crippen LogP contribution in [0.4, 0.5) is 0 Å². The van der Waals surface area contributed by atoms with Crippen LogP contribution in [0.15, 0.2) is 24.3 Å². The minimum absolute atomic E-state index is 0.260. The number of methoxy groups -OCH3 is 1.